The molecule has 0 spiro atoms. The lowest BCUT2D eigenvalue weighted by atomic mass is 10.2. The lowest BCUT2D eigenvalue weighted by Gasteiger charge is -2.26. The fourth-order valence-electron chi connectivity index (χ4n) is 2.20. The van der Waals surface area contributed by atoms with Crippen molar-refractivity contribution in [1.82, 2.24) is 14.3 Å². The normalized spacial score (nSPS) is 12.3. The molecule has 1 N–H and O–H groups in total. The van der Waals surface area contributed by atoms with Crippen LogP contribution in [0.3, 0.4) is 0 Å². The van der Waals surface area contributed by atoms with E-state index in [-0.39, 0.29) is 18.4 Å². The van der Waals surface area contributed by atoms with Gasteiger partial charge in [-0.25, -0.2) is 4.98 Å². The lowest BCUT2D eigenvalue weighted by Crippen LogP contribution is -2.39. The molecule has 1 amide bonds. The van der Waals surface area contributed by atoms with Crippen LogP contribution in [0, 0.1) is 0 Å². The molecule has 0 fully saturated rings. The van der Waals surface area contributed by atoms with E-state index in [4.69, 9.17) is 5.11 Å². The summed E-state index contributed by atoms with van der Waals surface area (Å²) >= 11 is 0. The van der Waals surface area contributed by atoms with E-state index >= 15 is 0 Å². The van der Waals surface area contributed by atoms with Gasteiger partial charge in [0.15, 0.2) is 0 Å². The zero-order valence-electron chi connectivity index (χ0n) is 11.5. The number of imidazole rings is 1. The molecule has 2 aromatic rings. The predicted octanol–water partition coefficient (Wildman–Crippen LogP) is 1.66. The first-order chi connectivity index (χ1) is 9.52. The standard InChI is InChI=1S/C14H17N3O3/c1-3-17(10(2)8-13(18)19)14(20)11-9-16-7-5-4-6-12(16)15-11/h4-7,9-10H,3,8H2,1-2H3,(H,18,19). The Kier molecular flexibility index (Phi) is 4.02. The van der Waals surface area contributed by atoms with Crippen molar-refractivity contribution in [3.8, 4) is 0 Å². The van der Waals surface area contributed by atoms with Crippen molar-refractivity contribution in [3.05, 3.63) is 36.3 Å². The Morgan fingerprint density at radius 1 is 1.45 bits per heavy atom. The van der Waals surface area contributed by atoms with Gasteiger partial charge in [0, 0.05) is 25.0 Å². The molecule has 0 aliphatic carbocycles. The van der Waals surface area contributed by atoms with Crippen LogP contribution < -0.4 is 0 Å². The molecule has 0 radical (unpaired) electrons. The molecule has 0 aliphatic heterocycles. The van der Waals surface area contributed by atoms with Gasteiger partial charge in [-0.1, -0.05) is 6.07 Å². The number of carbonyl (C=O) groups excluding carboxylic acids is 1. The Labute approximate surface area is 116 Å². The third kappa shape index (κ3) is 2.79. The number of fused-ring (bicyclic) bond motifs is 1. The van der Waals surface area contributed by atoms with Crippen molar-refractivity contribution >= 4 is 17.5 Å². The van der Waals surface area contributed by atoms with Crippen molar-refractivity contribution in [2.45, 2.75) is 26.3 Å². The molecular formula is C14H17N3O3. The Morgan fingerprint density at radius 2 is 2.20 bits per heavy atom. The first-order valence-electron chi connectivity index (χ1n) is 6.49. The highest BCUT2D eigenvalue weighted by atomic mass is 16.4. The van der Waals surface area contributed by atoms with Gasteiger partial charge in [-0.15, -0.1) is 0 Å². The Morgan fingerprint density at radius 3 is 2.80 bits per heavy atom. The van der Waals surface area contributed by atoms with E-state index < -0.39 is 5.97 Å². The van der Waals surface area contributed by atoms with Crippen molar-refractivity contribution in [3.63, 3.8) is 0 Å². The second-order valence-corrected chi connectivity index (χ2v) is 4.63. The summed E-state index contributed by atoms with van der Waals surface area (Å²) in [5.74, 6) is -1.16. The Bertz CT molecular complexity index is 602. The van der Waals surface area contributed by atoms with Crippen LogP contribution >= 0.6 is 0 Å². The van der Waals surface area contributed by atoms with E-state index in [1.165, 1.54) is 4.90 Å². The number of pyridine rings is 1. The van der Waals surface area contributed by atoms with Gasteiger partial charge >= 0.3 is 5.97 Å². The van der Waals surface area contributed by atoms with E-state index in [0.29, 0.717) is 17.9 Å². The van der Waals surface area contributed by atoms with Gasteiger partial charge in [-0.3, -0.25) is 9.59 Å². The Balaban J connectivity index is 2.25. The zero-order chi connectivity index (χ0) is 14.7. The number of aromatic nitrogens is 2. The number of carboxylic acid groups (broad SMARTS) is 1. The molecule has 2 heterocycles. The first-order valence-corrected chi connectivity index (χ1v) is 6.49. The summed E-state index contributed by atoms with van der Waals surface area (Å²) in [7, 11) is 0. The molecule has 6 nitrogen and oxygen atoms in total. The number of aliphatic carboxylic acids is 1. The summed E-state index contributed by atoms with van der Waals surface area (Å²) in [6.07, 6.45) is 3.40. The van der Waals surface area contributed by atoms with Crippen molar-refractivity contribution in [2.24, 2.45) is 0 Å². The molecule has 1 atom stereocenters. The van der Waals surface area contributed by atoms with Gasteiger partial charge in [-0.05, 0) is 26.0 Å². The lowest BCUT2D eigenvalue weighted by molar-refractivity contribution is -0.138. The largest absolute Gasteiger partial charge is 0.481 e. The van der Waals surface area contributed by atoms with Crippen LogP contribution in [0.5, 0.6) is 0 Å². The minimum absolute atomic E-state index is 0.0764. The number of hydrogen-bond acceptors (Lipinski definition) is 3. The summed E-state index contributed by atoms with van der Waals surface area (Å²) in [6.45, 7) is 4.00. The molecule has 20 heavy (non-hydrogen) atoms. The van der Waals surface area contributed by atoms with Gasteiger partial charge in [0.2, 0.25) is 0 Å². The predicted molar refractivity (Wildman–Crippen MR) is 73.6 cm³/mol. The molecule has 0 saturated heterocycles. The van der Waals surface area contributed by atoms with E-state index in [0.717, 1.165) is 0 Å². The van der Waals surface area contributed by atoms with Gasteiger partial charge in [0.1, 0.15) is 11.3 Å². The maximum absolute atomic E-state index is 12.4. The van der Waals surface area contributed by atoms with Gasteiger partial charge in [-0.2, -0.15) is 0 Å². The van der Waals surface area contributed by atoms with Crippen LogP contribution in [0.4, 0.5) is 0 Å². The summed E-state index contributed by atoms with van der Waals surface area (Å²) < 4.78 is 1.77. The number of carboxylic acids is 1. The highest BCUT2D eigenvalue weighted by molar-refractivity contribution is 5.93. The number of nitrogens with zero attached hydrogens (tertiary/aromatic N) is 3. The van der Waals surface area contributed by atoms with Gasteiger partial charge in [0.05, 0.1) is 6.42 Å². The fourth-order valence-corrected chi connectivity index (χ4v) is 2.20. The molecule has 0 saturated carbocycles. The highest BCUT2D eigenvalue weighted by Crippen LogP contribution is 2.11. The van der Waals surface area contributed by atoms with Crippen LogP contribution in [0.2, 0.25) is 0 Å². The highest BCUT2D eigenvalue weighted by Gasteiger charge is 2.23. The average molecular weight is 275 g/mol. The second-order valence-electron chi connectivity index (χ2n) is 4.63. The van der Waals surface area contributed by atoms with E-state index in [1.807, 2.05) is 31.3 Å². The van der Waals surface area contributed by atoms with Crippen LogP contribution in [-0.2, 0) is 4.79 Å². The van der Waals surface area contributed by atoms with E-state index in [2.05, 4.69) is 4.98 Å². The Hall–Kier alpha value is -2.37. The molecule has 2 aromatic heterocycles. The molecule has 0 aromatic carbocycles. The molecule has 106 valence electrons. The zero-order valence-corrected chi connectivity index (χ0v) is 11.5. The van der Waals surface area contributed by atoms with Crippen molar-refractivity contribution < 1.29 is 14.7 Å². The van der Waals surface area contributed by atoms with Crippen LogP contribution in [0.25, 0.3) is 5.65 Å². The van der Waals surface area contributed by atoms with Crippen LogP contribution in [-0.4, -0.2) is 43.9 Å². The summed E-state index contributed by atoms with van der Waals surface area (Å²) in [5.41, 5.74) is 1.02. The summed E-state index contributed by atoms with van der Waals surface area (Å²) in [6, 6.07) is 5.15. The number of amides is 1. The van der Waals surface area contributed by atoms with E-state index in [1.54, 1.807) is 17.5 Å². The minimum atomic E-state index is -0.918. The average Bonchev–Trinajstić information content (AvgIpc) is 2.82. The van der Waals surface area contributed by atoms with E-state index in [9.17, 15) is 9.59 Å². The molecule has 2 rings (SSSR count). The maximum Gasteiger partial charge on any atom is 0.305 e. The summed E-state index contributed by atoms with van der Waals surface area (Å²) in [5, 5.41) is 8.84. The summed E-state index contributed by atoms with van der Waals surface area (Å²) in [4.78, 5) is 29.0. The smallest absolute Gasteiger partial charge is 0.305 e. The fraction of sp³-hybridized carbons (Fsp3) is 0.357. The molecular weight excluding hydrogens is 258 g/mol. The first kappa shape index (κ1) is 14.0. The van der Waals surface area contributed by atoms with Crippen LogP contribution in [0.15, 0.2) is 30.6 Å². The molecule has 0 bridgehead atoms. The number of hydrogen-bond donors (Lipinski definition) is 1. The minimum Gasteiger partial charge on any atom is -0.481 e. The molecule has 0 aliphatic rings. The molecule has 1 unspecified atom stereocenters. The number of carbonyl (C=O) groups is 2. The maximum atomic E-state index is 12.4. The quantitative estimate of drug-likeness (QED) is 0.900. The van der Waals surface area contributed by atoms with Gasteiger partial charge in [0.25, 0.3) is 5.91 Å². The topological polar surface area (TPSA) is 74.9 Å². The van der Waals surface area contributed by atoms with Crippen molar-refractivity contribution in [2.75, 3.05) is 6.54 Å². The second kappa shape index (κ2) is 5.73. The van der Waals surface area contributed by atoms with Crippen LogP contribution in [0.1, 0.15) is 30.8 Å². The monoisotopic (exact) mass is 275 g/mol. The van der Waals surface area contributed by atoms with Crippen molar-refractivity contribution in [1.29, 1.82) is 0 Å². The van der Waals surface area contributed by atoms with Gasteiger partial charge < -0.3 is 14.4 Å². The SMILES string of the molecule is CCN(C(=O)c1cn2ccccc2n1)C(C)CC(=O)O. The third-order valence-electron chi connectivity index (χ3n) is 3.19. The molecule has 6 heteroatoms. The third-order valence-corrected chi connectivity index (χ3v) is 3.19. The number of rotatable bonds is 5.